The number of fused-ring (bicyclic) bond motifs is 1. The zero-order valence-electron chi connectivity index (χ0n) is 10.4. The number of rotatable bonds is 3. The van der Waals surface area contributed by atoms with Gasteiger partial charge in [-0.05, 0) is 38.8 Å². The van der Waals surface area contributed by atoms with E-state index >= 15 is 0 Å². The molecule has 2 nitrogen and oxygen atoms in total. The summed E-state index contributed by atoms with van der Waals surface area (Å²) < 4.78 is 0. The molecule has 2 aromatic rings. The van der Waals surface area contributed by atoms with Crippen LogP contribution in [0.2, 0.25) is 0 Å². The minimum atomic E-state index is 0.151. The summed E-state index contributed by atoms with van der Waals surface area (Å²) in [5.41, 5.74) is 2.45. The van der Waals surface area contributed by atoms with Gasteiger partial charge in [-0.3, -0.25) is 4.98 Å². The summed E-state index contributed by atoms with van der Waals surface area (Å²) in [6.45, 7) is 4.39. The Balaban J connectivity index is 2.01. The average molecular weight is 226 g/mol. The van der Waals surface area contributed by atoms with Gasteiger partial charge in [0, 0.05) is 11.4 Å². The molecule has 1 aromatic carbocycles. The van der Waals surface area contributed by atoms with E-state index in [0.29, 0.717) is 6.04 Å². The molecule has 1 heterocycles. The third kappa shape index (κ3) is 1.93. The van der Waals surface area contributed by atoms with Crippen molar-refractivity contribution in [2.24, 2.45) is 0 Å². The monoisotopic (exact) mass is 226 g/mol. The fraction of sp³-hybridized carbons (Fsp3) is 0.400. The SMILES string of the molecule is CC(C)NC1(c2ccc3ccccc3n2)CC1. The molecule has 0 atom stereocenters. The Bertz CT molecular complexity index is 541. The van der Waals surface area contributed by atoms with E-state index in [4.69, 9.17) is 4.98 Å². The first kappa shape index (κ1) is 10.7. The van der Waals surface area contributed by atoms with Crippen LogP contribution in [0.1, 0.15) is 32.4 Å². The molecule has 0 unspecified atom stereocenters. The minimum absolute atomic E-state index is 0.151. The van der Waals surface area contributed by atoms with Crippen LogP contribution in [0.4, 0.5) is 0 Å². The van der Waals surface area contributed by atoms with Gasteiger partial charge in [0.2, 0.25) is 0 Å². The number of hydrogen-bond acceptors (Lipinski definition) is 2. The van der Waals surface area contributed by atoms with Crippen LogP contribution in [-0.2, 0) is 5.54 Å². The highest BCUT2D eigenvalue weighted by Crippen LogP contribution is 2.45. The van der Waals surface area contributed by atoms with Gasteiger partial charge in [0.15, 0.2) is 0 Å². The van der Waals surface area contributed by atoms with Gasteiger partial charge in [-0.25, -0.2) is 0 Å². The van der Waals surface area contributed by atoms with E-state index in [9.17, 15) is 0 Å². The van der Waals surface area contributed by atoms with Gasteiger partial charge in [-0.15, -0.1) is 0 Å². The van der Waals surface area contributed by atoms with E-state index in [1.54, 1.807) is 0 Å². The second-order valence-corrected chi connectivity index (χ2v) is 5.27. The number of pyridine rings is 1. The molecular formula is C15H18N2. The lowest BCUT2D eigenvalue weighted by atomic mass is 10.1. The maximum atomic E-state index is 4.80. The Morgan fingerprint density at radius 1 is 1.12 bits per heavy atom. The molecule has 1 aliphatic rings. The lowest BCUT2D eigenvalue weighted by Crippen LogP contribution is -2.35. The molecule has 0 saturated heterocycles. The van der Waals surface area contributed by atoms with Crippen LogP contribution in [0.3, 0.4) is 0 Å². The van der Waals surface area contributed by atoms with Crippen LogP contribution < -0.4 is 5.32 Å². The number of hydrogen-bond donors (Lipinski definition) is 1. The van der Waals surface area contributed by atoms with E-state index < -0.39 is 0 Å². The summed E-state index contributed by atoms with van der Waals surface area (Å²) in [6, 6.07) is 13.2. The summed E-state index contributed by atoms with van der Waals surface area (Å²) >= 11 is 0. The molecule has 2 heteroatoms. The lowest BCUT2D eigenvalue weighted by Gasteiger charge is -2.20. The first-order valence-corrected chi connectivity index (χ1v) is 6.34. The third-order valence-corrected chi connectivity index (χ3v) is 3.40. The molecule has 1 fully saturated rings. The summed E-state index contributed by atoms with van der Waals surface area (Å²) in [5.74, 6) is 0. The summed E-state index contributed by atoms with van der Waals surface area (Å²) in [6.07, 6.45) is 2.41. The van der Waals surface area contributed by atoms with Crippen molar-refractivity contribution < 1.29 is 0 Å². The predicted molar refractivity (Wildman–Crippen MR) is 70.9 cm³/mol. The molecule has 1 aliphatic carbocycles. The summed E-state index contributed by atoms with van der Waals surface area (Å²) in [7, 11) is 0. The van der Waals surface area contributed by atoms with Crippen molar-refractivity contribution in [3.63, 3.8) is 0 Å². The second-order valence-electron chi connectivity index (χ2n) is 5.27. The van der Waals surface area contributed by atoms with Crippen molar-refractivity contribution in [3.05, 3.63) is 42.1 Å². The van der Waals surface area contributed by atoms with Crippen molar-refractivity contribution in [2.75, 3.05) is 0 Å². The highest BCUT2D eigenvalue weighted by Gasteiger charge is 2.45. The van der Waals surface area contributed by atoms with Crippen LogP contribution in [0, 0.1) is 0 Å². The van der Waals surface area contributed by atoms with Crippen LogP contribution >= 0.6 is 0 Å². The highest BCUT2D eigenvalue weighted by molar-refractivity contribution is 5.78. The van der Waals surface area contributed by atoms with Gasteiger partial charge in [0.25, 0.3) is 0 Å². The van der Waals surface area contributed by atoms with E-state index in [1.165, 1.54) is 23.9 Å². The van der Waals surface area contributed by atoms with Gasteiger partial charge in [-0.2, -0.15) is 0 Å². The quantitative estimate of drug-likeness (QED) is 0.869. The standard InChI is InChI=1S/C15H18N2/c1-11(2)17-15(9-10-15)14-8-7-12-5-3-4-6-13(12)16-14/h3-8,11,17H,9-10H2,1-2H3. The number of aromatic nitrogens is 1. The fourth-order valence-electron chi connectivity index (χ4n) is 2.48. The van der Waals surface area contributed by atoms with Crippen LogP contribution in [-0.4, -0.2) is 11.0 Å². The van der Waals surface area contributed by atoms with Gasteiger partial charge in [0.1, 0.15) is 0 Å². The third-order valence-electron chi connectivity index (χ3n) is 3.40. The van der Waals surface area contributed by atoms with Crippen LogP contribution in [0.25, 0.3) is 10.9 Å². The Morgan fingerprint density at radius 2 is 1.88 bits per heavy atom. The maximum Gasteiger partial charge on any atom is 0.0706 e. The first-order chi connectivity index (χ1) is 8.20. The number of nitrogens with one attached hydrogen (secondary N) is 1. The Morgan fingerprint density at radius 3 is 2.59 bits per heavy atom. The Kier molecular flexibility index (Phi) is 2.40. The number of para-hydroxylation sites is 1. The normalized spacial score (nSPS) is 17.6. The minimum Gasteiger partial charge on any atom is -0.304 e. The summed E-state index contributed by atoms with van der Waals surface area (Å²) in [5, 5.41) is 4.87. The van der Waals surface area contributed by atoms with Gasteiger partial charge < -0.3 is 5.32 Å². The van der Waals surface area contributed by atoms with E-state index in [0.717, 1.165) is 5.52 Å². The van der Waals surface area contributed by atoms with E-state index in [-0.39, 0.29) is 5.54 Å². The first-order valence-electron chi connectivity index (χ1n) is 6.34. The predicted octanol–water partition coefficient (Wildman–Crippen LogP) is 3.22. The number of benzene rings is 1. The smallest absolute Gasteiger partial charge is 0.0706 e. The van der Waals surface area contributed by atoms with E-state index in [1.807, 2.05) is 0 Å². The Labute approximate surface area is 102 Å². The molecule has 88 valence electrons. The zero-order chi connectivity index (χ0) is 11.9. The molecule has 0 radical (unpaired) electrons. The van der Waals surface area contributed by atoms with Crippen molar-refractivity contribution in [1.82, 2.24) is 10.3 Å². The topological polar surface area (TPSA) is 24.9 Å². The zero-order valence-corrected chi connectivity index (χ0v) is 10.4. The van der Waals surface area contributed by atoms with E-state index in [2.05, 4.69) is 55.6 Å². The molecular weight excluding hydrogens is 208 g/mol. The lowest BCUT2D eigenvalue weighted by molar-refractivity contribution is 0.453. The molecule has 0 spiro atoms. The van der Waals surface area contributed by atoms with Gasteiger partial charge in [0.05, 0.1) is 16.7 Å². The average Bonchev–Trinajstić information content (AvgIpc) is 3.08. The molecule has 0 aliphatic heterocycles. The largest absolute Gasteiger partial charge is 0.304 e. The molecule has 3 rings (SSSR count). The van der Waals surface area contributed by atoms with Crippen molar-refractivity contribution in [1.29, 1.82) is 0 Å². The molecule has 1 N–H and O–H groups in total. The molecule has 1 aromatic heterocycles. The van der Waals surface area contributed by atoms with Crippen molar-refractivity contribution >= 4 is 10.9 Å². The molecule has 0 amide bonds. The van der Waals surface area contributed by atoms with Gasteiger partial charge >= 0.3 is 0 Å². The van der Waals surface area contributed by atoms with Crippen LogP contribution in [0.15, 0.2) is 36.4 Å². The maximum absolute atomic E-state index is 4.80. The second kappa shape index (κ2) is 3.81. The van der Waals surface area contributed by atoms with Crippen molar-refractivity contribution in [3.8, 4) is 0 Å². The fourth-order valence-corrected chi connectivity index (χ4v) is 2.48. The molecule has 0 bridgehead atoms. The van der Waals surface area contributed by atoms with Crippen molar-refractivity contribution in [2.45, 2.75) is 38.3 Å². The molecule has 1 saturated carbocycles. The summed E-state index contributed by atoms with van der Waals surface area (Å²) in [4.78, 5) is 4.80. The Hall–Kier alpha value is -1.41. The number of nitrogens with zero attached hydrogens (tertiary/aromatic N) is 1. The van der Waals surface area contributed by atoms with Gasteiger partial charge in [-0.1, -0.05) is 24.3 Å². The molecule has 17 heavy (non-hydrogen) atoms. The highest BCUT2D eigenvalue weighted by atomic mass is 15.1. The van der Waals surface area contributed by atoms with Crippen LogP contribution in [0.5, 0.6) is 0 Å².